The van der Waals surface area contributed by atoms with E-state index < -0.39 is 10.0 Å². The van der Waals surface area contributed by atoms with Crippen LogP contribution in [0, 0.1) is 19.8 Å². The number of aryl methyl sites for hydroxylation is 2. The molecule has 1 aromatic heterocycles. The Morgan fingerprint density at radius 3 is 2.38 bits per heavy atom. The molecule has 1 heterocycles. The van der Waals surface area contributed by atoms with Gasteiger partial charge in [0.15, 0.2) is 0 Å². The van der Waals surface area contributed by atoms with Gasteiger partial charge in [-0.15, -0.1) is 0 Å². The highest BCUT2D eigenvalue weighted by Gasteiger charge is 2.38. The van der Waals surface area contributed by atoms with E-state index in [-0.39, 0.29) is 23.0 Å². The van der Waals surface area contributed by atoms with Crippen LogP contribution in [0.25, 0.3) is 0 Å². The molecule has 1 saturated carbocycles. The van der Waals surface area contributed by atoms with Crippen LogP contribution in [0.4, 0.5) is 0 Å². The van der Waals surface area contributed by atoms with Crippen LogP contribution in [0.2, 0.25) is 0 Å². The first kappa shape index (κ1) is 17.1. The Bertz CT molecular complexity index is 824. The number of benzene rings is 1. The van der Waals surface area contributed by atoms with Gasteiger partial charge < -0.3 is 5.11 Å². The van der Waals surface area contributed by atoms with Crippen molar-refractivity contribution >= 4 is 10.0 Å². The van der Waals surface area contributed by atoms with Crippen molar-refractivity contribution in [2.75, 3.05) is 0 Å². The number of aromatic nitrogens is 2. The van der Waals surface area contributed by atoms with Crippen molar-refractivity contribution in [3.63, 3.8) is 0 Å². The van der Waals surface area contributed by atoms with Crippen LogP contribution < -0.4 is 4.72 Å². The SMILES string of the molecule is Cc1nn(C)c(C)c1S(=O)(=O)N[C@H](c1ccccc1)C1CC(O)C1. The van der Waals surface area contributed by atoms with Crippen LogP contribution >= 0.6 is 0 Å². The predicted octanol–water partition coefficient (Wildman–Crippen LogP) is 1.83. The second kappa shape index (κ2) is 6.31. The summed E-state index contributed by atoms with van der Waals surface area (Å²) in [6.45, 7) is 3.45. The number of nitrogens with zero attached hydrogens (tertiary/aromatic N) is 2. The molecule has 1 aliphatic carbocycles. The van der Waals surface area contributed by atoms with E-state index in [0.29, 0.717) is 24.2 Å². The topological polar surface area (TPSA) is 84.2 Å². The van der Waals surface area contributed by atoms with E-state index in [4.69, 9.17) is 0 Å². The molecule has 130 valence electrons. The molecule has 0 saturated heterocycles. The van der Waals surface area contributed by atoms with Crippen molar-refractivity contribution in [1.82, 2.24) is 14.5 Å². The van der Waals surface area contributed by atoms with E-state index in [1.54, 1.807) is 25.6 Å². The molecule has 0 amide bonds. The zero-order valence-corrected chi connectivity index (χ0v) is 14.9. The number of rotatable bonds is 5. The van der Waals surface area contributed by atoms with Gasteiger partial charge in [0, 0.05) is 13.1 Å². The Labute approximate surface area is 142 Å². The molecule has 1 fully saturated rings. The minimum absolute atomic E-state index is 0.0921. The monoisotopic (exact) mass is 349 g/mol. The van der Waals surface area contributed by atoms with Crippen LogP contribution in [0.1, 0.15) is 35.8 Å². The van der Waals surface area contributed by atoms with Gasteiger partial charge in [-0.25, -0.2) is 13.1 Å². The molecule has 2 N–H and O–H groups in total. The van der Waals surface area contributed by atoms with Crippen molar-refractivity contribution < 1.29 is 13.5 Å². The third-order valence-electron chi connectivity index (χ3n) is 4.77. The molecule has 0 spiro atoms. The lowest BCUT2D eigenvalue weighted by molar-refractivity contribution is 0.0280. The number of nitrogens with one attached hydrogen (secondary N) is 1. The molecule has 2 aromatic rings. The summed E-state index contributed by atoms with van der Waals surface area (Å²) in [7, 11) is -1.97. The van der Waals surface area contributed by atoms with Crippen molar-refractivity contribution in [2.24, 2.45) is 13.0 Å². The van der Waals surface area contributed by atoms with Gasteiger partial charge in [-0.05, 0) is 38.2 Å². The van der Waals surface area contributed by atoms with Crippen molar-refractivity contribution in [2.45, 2.75) is 43.7 Å². The molecule has 0 bridgehead atoms. The molecule has 1 aromatic carbocycles. The van der Waals surface area contributed by atoms with Gasteiger partial charge in [-0.2, -0.15) is 5.10 Å². The summed E-state index contributed by atoms with van der Waals surface area (Å²) in [5.41, 5.74) is 2.01. The number of aliphatic hydroxyl groups excluding tert-OH is 1. The van der Waals surface area contributed by atoms with E-state index in [1.807, 2.05) is 30.3 Å². The smallest absolute Gasteiger partial charge is 0.244 e. The fourth-order valence-corrected chi connectivity index (χ4v) is 5.10. The van der Waals surface area contributed by atoms with E-state index in [0.717, 1.165) is 5.56 Å². The van der Waals surface area contributed by atoms with Crippen LogP contribution in [-0.2, 0) is 17.1 Å². The summed E-state index contributed by atoms with van der Waals surface area (Å²) in [5, 5.41) is 13.8. The van der Waals surface area contributed by atoms with E-state index >= 15 is 0 Å². The molecule has 7 heteroatoms. The number of hydrogen-bond donors (Lipinski definition) is 2. The van der Waals surface area contributed by atoms with Gasteiger partial charge in [0.25, 0.3) is 0 Å². The Morgan fingerprint density at radius 1 is 1.25 bits per heavy atom. The summed E-state index contributed by atoms with van der Waals surface area (Å²) >= 11 is 0. The Morgan fingerprint density at radius 2 is 1.88 bits per heavy atom. The molecule has 0 unspecified atom stereocenters. The lowest BCUT2D eigenvalue weighted by Gasteiger charge is -2.38. The van der Waals surface area contributed by atoms with Gasteiger partial charge in [-0.3, -0.25) is 4.68 Å². The van der Waals surface area contributed by atoms with Crippen LogP contribution in [0.15, 0.2) is 35.2 Å². The molecular weight excluding hydrogens is 326 g/mol. The fourth-order valence-electron chi connectivity index (χ4n) is 3.37. The van der Waals surface area contributed by atoms with Crippen molar-refractivity contribution in [1.29, 1.82) is 0 Å². The van der Waals surface area contributed by atoms with Crippen LogP contribution in [0.3, 0.4) is 0 Å². The highest BCUT2D eigenvalue weighted by atomic mass is 32.2. The maximum Gasteiger partial charge on any atom is 0.244 e. The lowest BCUT2D eigenvalue weighted by Crippen LogP contribution is -2.41. The van der Waals surface area contributed by atoms with Gasteiger partial charge in [-0.1, -0.05) is 30.3 Å². The average molecular weight is 349 g/mol. The molecule has 1 atom stereocenters. The zero-order valence-electron chi connectivity index (χ0n) is 14.1. The third-order valence-corrected chi connectivity index (χ3v) is 6.47. The highest BCUT2D eigenvalue weighted by Crippen LogP contribution is 2.39. The summed E-state index contributed by atoms with van der Waals surface area (Å²) in [6, 6.07) is 9.18. The summed E-state index contributed by atoms with van der Waals surface area (Å²) in [4.78, 5) is 0.241. The Kier molecular flexibility index (Phi) is 4.50. The molecule has 24 heavy (non-hydrogen) atoms. The molecule has 6 nitrogen and oxygen atoms in total. The number of sulfonamides is 1. The summed E-state index contributed by atoms with van der Waals surface area (Å²) in [6.07, 6.45) is 0.868. The van der Waals surface area contributed by atoms with Crippen LogP contribution in [0.5, 0.6) is 0 Å². The van der Waals surface area contributed by atoms with Gasteiger partial charge in [0.05, 0.1) is 17.5 Å². The molecule has 1 aliphatic rings. The van der Waals surface area contributed by atoms with Gasteiger partial charge in [0.1, 0.15) is 4.90 Å². The second-order valence-electron chi connectivity index (χ2n) is 6.52. The quantitative estimate of drug-likeness (QED) is 0.862. The third kappa shape index (κ3) is 3.11. The fraction of sp³-hybridized carbons (Fsp3) is 0.471. The van der Waals surface area contributed by atoms with Crippen molar-refractivity contribution in [3.05, 3.63) is 47.3 Å². The minimum Gasteiger partial charge on any atom is -0.393 e. The van der Waals surface area contributed by atoms with E-state index in [2.05, 4.69) is 9.82 Å². The maximum absolute atomic E-state index is 13.0. The normalized spacial score (nSPS) is 22.2. The largest absolute Gasteiger partial charge is 0.393 e. The van der Waals surface area contributed by atoms with Crippen molar-refractivity contribution in [3.8, 4) is 0 Å². The van der Waals surface area contributed by atoms with E-state index in [1.165, 1.54) is 0 Å². The number of aliphatic hydroxyl groups is 1. The molecular formula is C17H23N3O3S. The molecule has 0 radical (unpaired) electrons. The summed E-state index contributed by atoms with van der Waals surface area (Å²) in [5.74, 6) is 0.0921. The first-order chi connectivity index (χ1) is 11.3. The summed E-state index contributed by atoms with van der Waals surface area (Å²) < 4.78 is 30.4. The standard InChI is InChI=1S/C17H23N3O3S/c1-11-17(12(2)20(3)18-11)24(22,23)19-16(14-9-15(21)10-14)13-7-5-4-6-8-13/h4-8,14-16,19,21H,9-10H2,1-3H3/t14?,15?,16-/m1/s1. The molecule has 3 rings (SSSR count). The Balaban J connectivity index is 1.95. The van der Waals surface area contributed by atoms with Gasteiger partial charge in [0.2, 0.25) is 10.0 Å². The first-order valence-electron chi connectivity index (χ1n) is 8.05. The minimum atomic E-state index is -3.70. The Hall–Kier alpha value is -1.70. The van der Waals surface area contributed by atoms with E-state index in [9.17, 15) is 13.5 Å². The highest BCUT2D eigenvalue weighted by molar-refractivity contribution is 7.89. The van der Waals surface area contributed by atoms with Gasteiger partial charge >= 0.3 is 0 Å². The maximum atomic E-state index is 13.0. The second-order valence-corrected chi connectivity index (χ2v) is 8.17. The lowest BCUT2D eigenvalue weighted by atomic mass is 9.75. The molecule has 0 aliphatic heterocycles. The van der Waals surface area contributed by atoms with Crippen LogP contribution in [-0.4, -0.2) is 29.4 Å². The average Bonchev–Trinajstić information content (AvgIpc) is 2.76. The zero-order chi connectivity index (χ0) is 17.5. The predicted molar refractivity (Wildman–Crippen MR) is 90.9 cm³/mol. The first-order valence-corrected chi connectivity index (χ1v) is 9.53. The number of hydrogen-bond acceptors (Lipinski definition) is 4.